The van der Waals surface area contributed by atoms with Gasteiger partial charge in [-0.1, -0.05) is 48.0 Å². The van der Waals surface area contributed by atoms with Gasteiger partial charge in [0.2, 0.25) is 5.91 Å². The lowest BCUT2D eigenvalue weighted by atomic mass is 9.96. The average molecular weight is 548 g/mol. The molecule has 4 rings (SSSR count). The van der Waals surface area contributed by atoms with Crippen molar-refractivity contribution in [1.29, 1.82) is 5.41 Å². The molecule has 0 spiro atoms. The van der Waals surface area contributed by atoms with Crippen LogP contribution in [0.3, 0.4) is 0 Å². The number of anilines is 1. The first-order chi connectivity index (χ1) is 17.8. The van der Waals surface area contributed by atoms with Gasteiger partial charge in [-0.3, -0.25) is 19.6 Å². The number of alkyl halides is 3. The number of carbonyl (C=O) groups is 1. The molecule has 2 aromatic carbocycles. The Morgan fingerprint density at radius 1 is 1.21 bits per heavy atom. The zero-order chi connectivity index (χ0) is 27.8. The van der Waals surface area contributed by atoms with Gasteiger partial charge in [0.25, 0.3) is 5.56 Å². The number of carbonyl (C=O) groups excluding carboxylic acids is 1. The fourth-order valence-corrected chi connectivity index (χ4v) is 4.78. The van der Waals surface area contributed by atoms with Gasteiger partial charge in [0, 0.05) is 25.1 Å². The van der Waals surface area contributed by atoms with Crippen molar-refractivity contribution < 1.29 is 18.0 Å². The smallest absolute Gasteiger partial charge is 0.384 e. The summed E-state index contributed by atoms with van der Waals surface area (Å²) in [5, 5.41) is 12.9. The fourth-order valence-electron chi connectivity index (χ4n) is 4.39. The molecule has 0 saturated heterocycles. The van der Waals surface area contributed by atoms with E-state index in [0.29, 0.717) is 5.56 Å². The summed E-state index contributed by atoms with van der Waals surface area (Å²) in [4.78, 5) is 30.6. The lowest BCUT2D eigenvalue weighted by Crippen LogP contribution is -2.36. The second-order valence-corrected chi connectivity index (χ2v) is 9.65. The Balaban J connectivity index is 1.57. The van der Waals surface area contributed by atoms with Crippen molar-refractivity contribution in [3.63, 3.8) is 0 Å². The van der Waals surface area contributed by atoms with E-state index in [1.54, 1.807) is 31.2 Å². The van der Waals surface area contributed by atoms with Gasteiger partial charge in [-0.2, -0.15) is 13.2 Å². The Bertz CT molecular complexity index is 1450. The van der Waals surface area contributed by atoms with Crippen molar-refractivity contribution in [1.82, 2.24) is 14.9 Å². The Hall–Kier alpha value is -3.90. The maximum atomic E-state index is 13.4. The number of hydrogen-bond acceptors (Lipinski definition) is 6. The molecule has 7 N–H and O–H groups in total. The first-order valence-electron chi connectivity index (χ1n) is 11.5. The summed E-state index contributed by atoms with van der Waals surface area (Å²) in [6.07, 6.45) is -4.43. The summed E-state index contributed by atoms with van der Waals surface area (Å²) in [5.74, 6) is -0.761. The molecule has 38 heavy (non-hydrogen) atoms. The largest absolute Gasteiger partial charge is 0.416 e. The minimum absolute atomic E-state index is 0.0762. The molecule has 3 aromatic rings. The molecule has 0 bridgehead atoms. The average Bonchev–Trinajstić information content (AvgIpc) is 3.15. The van der Waals surface area contributed by atoms with Crippen LogP contribution in [0, 0.1) is 5.41 Å². The van der Waals surface area contributed by atoms with E-state index < -0.39 is 34.8 Å². The first kappa shape index (κ1) is 27.1. The van der Waals surface area contributed by atoms with Crippen LogP contribution in [-0.4, -0.2) is 21.3 Å². The number of nitrogens with zero attached hydrogens (tertiary/aromatic N) is 2. The van der Waals surface area contributed by atoms with Gasteiger partial charge in [0.15, 0.2) is 11.0 Å². The van der Waals surface area contributed by atoms with Gasteiger partial charge < -0.3 is 22.1 Å². The van der Waals surface area contributed by atoms with Crippen molar-refractivity contribution in [3.8, 4) is 0 Å². The van der Waals surface area contributed by atoms with E-state index in [1.807, 2.05) is 0 Å². The molecule has 9 nitrogen and oxygen atoms in total. The molecule has 2 atom stereocenters. The van der Waals surface area contributed by atoms with Crippen molar-refractivity contribution in [2.45, 2.75) is 44.2 Å². The molecule has 0 saturated carbocycles. The highest BCUT2D eigenvalue weighted by Crippen LogP contribution is 2.39. The maximum absolute atomic E-state index is 13.4. The van der Waals surface area contributed by atoms with E-state index in [9.17, 15) is 22.8 Å². The van der Waals surface area contributed by atoms with Gasteiger partial charge in [0.1, 0.15) is 11.9 Å². The molecule has 0 radical (unpaired) electrons. The molecule has 0 aliphatic carbocycles. The number of rotatable bonds is 7. The van der Waals surface area contributed by atoms with E-state index >= 15 is 0 Å². The molecule has 200 valence electrons. The van der Waals surface area contributed by atoms with Crippen LogP contribution in [0.1, 0.15) is 47.3 Å². The minimum atomic E-state index is -4.51. The normalized spacial score (nSPS) is 18.6. The van der Waals surface area contributed by atoms with Crippen molar-refractivity contribution in [3.05, 3.63) is 92.0 Å². The molecule has 2 heterocycles. The van der Waals surface area contributed by atoms with Crippen LogP contribution in [0.15, 0.2) is 53.3 Å². The molecule has 1 aliphatic rings. The summed E-state index contributed by atoms with van der Waals surface area (Å²) < 4.78 is 40.3. The second-order valence-electron chi connectivity index (χ2n) is 9.29. The predicted molar refractivity (Wildman–Crippen MR) is 137 cm³/mol. The highest BCUT2D eigenvalue weighted by Gasteiger charge is 2.44. The third kappa shape index (κ3) is 5.50. The summed E-state index contributed by atoms with van der Waals surface area (Å²) in [7, 11) is 0. The third-order valence-corrected chi connectivity index (χ3v) is 6.55. The number of aromatic nitrogens is 2. The summed E-state index contributed by atoms with van der Waals surface area (Å²) >= 11 is 6.38. The molecule has 0 unspecified atom stereocenters. The van der Waals surface area contributed by atoms with Crippen LogP contribution in [0.2, 0.25) is 5.15 Å². The van der Waals surface area contributed by atoms with E-state index in [2.05, 4.69) is 15.6 Å². The van der Waals surface area contributed by atoms with E-state index in [-0.39, 0.29) is 47.6 Å². The van der Waals surface area contributed by atoms with Crippen molar-refractivity contribution in [2.24, 2.45) is 11.5 Å². The van der Waals surface area contributed by atoms with Crippen LogP contribution in [0.25, 0.3) is 0 Å². The van der Waals surface area contributed by atoms with E-state index in [0.717, 1.165) is 17.7 Å². The molecule has 13 heteroatoms. The molecule has 1 aliphatic heterocycles. The summed E-state index contributed by atoms with van der Waals surface area (Å²) in [6.45, 7) is 1.66. The Morgan fingerprint density at radius 2 is 1.89 bits per heavy atom. The highest BCUT2D eigenvalue weighted by molar-refractivity contribution is 6.30. The Labute approximate surface area is 220 Å². The number of benzene rings is 2. The lowest BCUT2D eigenvalue weighted by molar-refractivity contribution is -0.137. The SMILES string of the molecule is C[C@@]1(N)C[C@@H](C(=O)NCc2ccc(C(=N)N)cc2)n2c1c(Cl)nc(NCc1cccc(C(F)(F)F)c1)c2=O. The van der Waals surface area contributed by atoms with Crippen LogP contribution < -0.4 is 27.7 Å². The van der Waals surface area contributed by atoms with Gasteiger partial charge in [0.05, 0.1) is 16.8 Å². The number of nitrogens with two attached hydrogens (primary N) is 2. The van der Waals surface area contributed by atoms with Crippen LogP contribution in [-0.2, 0) is 29.6 Å². The summed E-state index contributed by atoms with van der Waals surface area (Å²) in [5.41, 5.74) is 11.0. The number of nitrogens with one attached hydrogen (secondary N) is 3. The van der Waals surface area contributed by atoms with Crippen LogP contribution >= 0.6 is 11.6 Å². The minimum Gasteiger partial charge on any atom is -0.384 e. The lowest BCUT2D eigenvalue weighted by Gasteiger charge is -2.19. The summed E-state index contributed by atoms with van der Waals surface area (Å²) in [6, 6.07) is 10.4. The monoisotopic (exact) mass is 547 g/mol. The van der Waals surface area contributed by atoms with Crippen LogP contribution in [0.5, 0.6) is 0 Å². The molecule has 1 amide bonds. The second kappa shape index (κ2) is 10.1. The van der Waals surface area contributed by atoms with Gasteiger partial charge in [-0.05, 0) is 30.2 Å². The quantitative estimate of drug-likeness (QED) is 0.226. The third-order valence-electron chi connectivity index (χ3n) is 6.29. The van der Waals surface area contributed by atoms with Crippen molar-refractivity contribution in [2.75, 3.05) is 5.32 Å². The number of nitrogen functional groups attached to an aromatic ring is 1. The van der Waals surface area contributed by atoms with E-state index in [4.69, 9.17) is 28.5 Å². The number of halogens is 4. The molecular formula is C25H25ClF3N7O2. The number of amides is 1. The van der Waals surface area contributed by atoms with Gasteiger partial charge in [-0.25, -0.2) is 4.98 Å². The first-order valence-corrected chi connectivity index (χ1v) is 11.9. The Morgan fingerprint density at radius 3 is 2.53 bits per heavy atom. The number of amidine groups is 1. The van der Waals surface area contributed by atoms with E-state index in [1.165, 1.54) is 16.7 Å². The van der Waals surface area contributed by atoms with Crippen molar-refractivity contribution >= 4 is 29.2 Å². The maximum Gasteiger partial charge on any atom is 0.416 e. The topological polar surface area (TPSA) is 152 Å². The fraction of sp³-hybridized carbons (Fsp3) is 0.280. The van der Waals surface area contributed by atoms with Crippen LogP contribution in [0.4, 0.5) is 19.0 Å². The molecule has 0 fully saturated rings. The van der Waals surface area contributed by atoms with Gasteiger partial charge in [-0.15, -0.1) is 0 Å². The predicted octanol–water partition coefficient (Wildman–Crippen LogP) is 3.25. The van der Waals surface area contributed by atoms with Gasteiger partial charge >= 0.3 is 6.18 Å². The number of hydrogen-bond donors (Lipinski definition) is 5. The highest BCUT2D eigenvalue weighted by atomic mass is 35.5. The molecule has 1 aromatic heterocycles. The number of fused-ring (bicyclic) bond motifs is 1. The molecular weight excluding hydrogens is 523 g/mol. The zero-order valence-corrected chi connectivity index (χ0v) is 21.0. The zero-order valence-electron chi connectivity index (χ0n) is 20.2. The Kier molecular flexibility index (Phi) is 7.22. The standard InChI is InChI=1S/C25H25ClF3N7O2/c1-24(32)10-17(22(37)34-11-13-5-7-15(8-6-13)20(30)31)36-18(24)19(26)35-21(23(36)38)33-12-14-3-2-4-16(9-14)25(27,28)29/h2-9,17H,10-12,32H2,1H3,(H3,30,31)(H,33,35)(H,34,37)/t17-,24+/m0/s1.